The summed E-state index contributed by atoms with van der Waals surface area (Å²) in [6, 6.07) is 12.6. The monoisotopic (exact) mass is 896 g/mol. The average Bonchev–Trinajstić information content (AvgIpc) is 3.92. The number of benzene rings is 2. The first-order chi connectivity index (χ1) is 30.7. The van der Waals surface area contributed by atoms with Crippen LogP contribution in [0, 0.1) is 5.92 Å². The summed E-state index contributed by atoms with van der Waals surface area (Å²) in [5.74, 6) is -1.28. The average molecular weight is 897 g/mol. The number of carbonyl (C=O) groups is 4. The number of aromatic nitrogens is 2. The molecule has 9 rings (SSSR count). The van der Waals surface area contributed by atoms with Crippen molar-refractivity contribution in [3.63, 3.8) is 0 Å². The van der Waals surface area contributed by atoms with Crippen LogP contribution >= 0.6 is 0 Å². The van der Waals surface area contributed by atoms with E-state index in [-0.39, 0.29) is 43.1 Å². The largest absolute Gasteiger partial charge is 0.491 e. The molecule has 4 amide bonds. The first-order valence-electron chi connectivity index (χ1n) is 22.7. The highest BCUT2D eigenvalue weighted by Gasteiger charge is 2.63. The summed E-state index contributed by atoms with van der Waals surface area (Å²) in [5, 5.41) is 6.50. The zero-order valence-corrected chi connectivity index (χ0v) is 37.3. The number of fused-ring (bicyclic) bond motifs is 5. The first-order valence-corrected chi connectivity index (χ1v) is 24.2. The molecule has 0 radical (unpaired) electrons. The predicted molar refractivity (Wildman–Crippen MR) is 237 cm³/mol. The van der Waals surface area contributed by atoms with Gasteiger partial charge in [-0.15, -0.1) is 0 Å². The van der Waals surface area contributed by atoms with E-state index in [0.717, 1.165) is 43.9 Å². The van der Waals surface area contributed by atoms with Crippen LogP contribution in [0.15, 0.2) is 65.1 Å². The van der Waals surface area contributed by atoms with Crippen molar-refractivity contribution in [2.75, 3.05) is 6.54 Å². The number of rotatable bonds is 10. The van der Waals surface area contributed by atoms with Gasteiger partial charge in [0, 0.05) is 23.3 Å². The Balaban J connectivity index is 1.05. The van der Waals surface area contributed by atoms with Crippen molar-refractivity contribution in [1.29, 1.82) is 0 Å². The molecular weight excluding hydrogens is 841 g/mol. The molecule has 4 aromatic rings. The van der Waals surface area contributed by atoms with Gasteiger partial charge in [0.1, 0.15) is 46.7 Å². The molecule has 64 heavy (non-hydrogen) atoms. The fraction of sp³-hybridized carbons (Fsp3) is 0.532. The van der Waals surface area contributed by atoms with Gasteiger partial charge in [0.2, 0.25) is 27.4 Å². The zero-order chi connectivity index (χ0) is 44.8. The van der Waals surface area contributed by atoms with Crippen LogP contribution in [-0.2, 0) is 29.1 Å². The quantitative estimate of drug-likeness (QED) is 0.144. The van der Waals surface area contributed by atoms with Crippen molar-refractivity contribution in [3.8, 4) is 23.0 Å². The van der Waals surface area contributed by atoms with Gasteiger partial charge in [-0.1, -0.05) is 37.1 Å². The number of hydrogen-bond donors (Lipinski definition) is 3. The molecule has 1 saturated heterocycles. The lowest BCUT2D eigenvalue weighted by molar-refractivity contribution is -0.141. The number of furan rings is 1. The molecule has 0 spiro atoms. The van der Waals surface area contributed by atoms with Gasteiger partial charge >= 0.3 is 6.09 Å². The first kappa shape index (κ1) is 43.5. The summed E-state index contributed by atoms with van der Waals surface area (Å²) in [6.45, 7) is 5.41. The van der Waals surface area contributed by atoms with Crippen LogP contribution in [0.2, 0.25) is 0 Å². The normalized spacial score (nSPS) is 26.6. The predicted octanol–water partition coefficient (Wildman–Crippen LogP) is 6.61. The molecule has 0 bridgehead atoms. The third kappa shape index (κ3) is 8.87. The second-order valence-corrected chi connectivity index (χ2v) is 20.7. The Morgan fingerprint density at radius 2 is 1.70 bits per heavy atom. The fourth-order valence-corrected chi connectivity index (χ4v) is 10.5. The maximum Gasteiger partial charge on any atom is 0.408 e. The highest BCUT2D eigenvalue weighted by Crippen LogP contribution is 2.48. The number of nitrogens with one attached hydrogen (secondary N) is 3. The standard InChI is InChI=1S/C47H56N6O10S/c1-28(2)60-32-21-19-29(20-22-32)40-49-38-34-16-11-12-18-37(34)63-39(38)42(50-40)61-33-25-36-41(54)51-47(44(56)52-64(58,59)46(3)23-24-46)26-30(47)13-7-5-4-6-8-17-35(43(55)53(36)27-33)48-45(57)62-31-14-9-10-15-31/h7,11-13,16,18-22,28,30-31,33,35-36H,4-6,8-10,14-15,17,23-27H2,1-3H3,(H,48,57)(H,51,54)(H,52,56)/b13-7+/t30-,33-,35+,36+,47-/m1/s1. The molecule has 5 aliphatic rings. The van der Waals surface area contributed by atoms with Crippen molar-refractivity contribution in [2.24, 2.45) is 5.92 Å². The molecule has 3 N–H and O–H groups in total. The van der Waals surface area contributed by atoms with E-state index < -0.39 is 68.2 Å². The second-order valence-electron chi connectivity index (χ2n) is 18.5. The lowest BCUT2D eigenvalue weighted by atomic mass is 10.0. The summed E-state index contributed by atoms with van der Waals surface area (Å²) in [5.41, 5.74) is 0.499. The van der Waals surface area contributed by atoms with Gasteiger partial charge < -0.3 is 34.2 Å². The molecule has 340 valence electrons. The number of amides is 4. The van der Waals surface area contributed by atoms with E-state index in [1.165, 1.54) is 4.90 Å². The number of ether oxygens (including phenoxy) is 3. The van der Waals surface area contributed by atoms with E-state index in [0.29, 0.717) is 60.3 Å². The van der Waals surface area contributed by atoms with Gasteiger partial charge in [-0.05, 0) is 121 Å². The minimum absolute atomic E-state index is 0.0144. The highest BCUT2D eigenvalue weighted by atomic mass is 32.2. The molecule has 2 aromatic heterocycles. The van der Waals surface area contributed by atoms with Crippen LogP contribution in [0.4, 0.5) is 4.79 Å². The Morgan fingerprint density at radius 1 is 0.953 bits per heavy atom. The highest BCUT2D eigenvalue weighted by molar-refractivity contribution is 7.91. The van der Waals surface area contributed by atoms with Crippen molar-refractivity contribution in [2.45, 2.75) is 145 Å². The number of nitrogens with zero attached hydrogens (tertiary/aromatic N) is 3. The second kappa shape index (κ2) is 17.3. The molecule has 5 atom stereocenters. The molecule has 17 heteroatoms. The summed E-state index contributed by atoms with van der Waals surface area (Å²) in [6.07, 6.45) is 9.65. The SMILES string of the molecule is CC(C)Oc1ccc(-c2nc(O[C@@H]3C[C@H]4C(=O)N[C@]5(C(=O)NS(=O)(=O)C6(C)CC6)C[C@H]5/C=C/CCCCC[C@H](NC(=O)OC5CCCC5)C(=O)N4C3)c3oc4ccccc4c3n2)cc1. The molecule has 16 nitrogen and oxygen atoms in total. The minimum Gasteiger partial charge on any atom is -0.491 e. The number of para-hydroxylation sites is 1. The third-order valence-corrected chi connectivity index (χ3v) is 15.5. The van der Waals surface area contributed by atoms with E-state index >= 15 is 0 Å². The van der Waals surface area contributed by atoms with E-state index in [4.69, 9.17) is 28.6 Å². The van der Waals surface area contributed by atoms with Crippen LogP contribution in [0.3, 0.4) is 0 Å². The van der Waals surface area contributed by atoms with Crippen molar-refractivity contribution >= 4 is 55.9 Å². The van der Waals surface area contributed by atoms with E-state index in [9.17, 15) is 27.6 Å². The number of sulfonamides is 1. The van der Waals surface area contributed by atoms with Crippen LogP contribution in [0.25, 0.3) is 33.5 Å². The summed E-state index contributed by atoms with van der Waals surface area (Å²) in [7, 11) is -4.02. The van der Waals surface area contributed by atoms with Crippen molar-refractivity contribution in [1.82, 2.24) is 30.2 Å². The van der Waals surface area contributed by atoms with Gasteiger partial charge in [-0.25, -0.2) is 18.2 Å². The Hall–Kier alpha value is -5.71. The Labute approximate surface area is 372 Å². The van der Waals surface area contributed by atoms with Crippen molar-refractivity contribution < 1.29 is 46.2 Å². The molecule has 4 fully saturated rings. The molecule has 0 unspecified atom stereocenters. The fourth-order valence-electron chi connectivity index (χ4n) is 9.17. The lowest BCUT2D eigenvalue weighted by Gasteiger charge is -2.30. The van der Waals surface area contributed by atoms with Gasteiger partial charge in [0.15, 0.2) is 5.82 Å². The summed E-state index contributed by atoms with van der Waals surface area (Å²) >= 11 is 0. The van der Waals surface area contributed by atoms with Gasteiger partial charge in [0.05, 0.1) is 17.4 Å². The van der Waals surface area contributed by atoms with Crippen LogP contribution < -0.4 is 24.8 Å². The summed E-state index contributed by atoms with van der Waals surface area (Å²) < 4.78 is 52.4. The van der Waals surface area contributed by atoms with Gasteiger partial charge in [-0.3, -0.25) is 19.1 Å². The number of carbonyl (C=O) groups excluding carboxylic acids is 4. The molecule has 3 saturated carbocycles. The van der Waals surface area contributed by atoms with Gasteiger partial charge in [0.25, 0.3) is 11.8 Å². The van der Waals surface area contributed by atoms with Crippen LogP contribution in [0.5, 0.6) is 11.6 Å². The topological polar surface area (TPSA) is 208 Å². The van der Waals surface area contributed by atoms with Crippen LogP contribution in [-0.4, -0.2) is 94.3 Å². The van der Waals surface area contributed by atoms with Crippen LogP contribution in [0.1, 0.15) is 104 Å². The molecular formula is C47H56N6O10S. The molecule has 2 aliphatic heterocycles. The molecule has 4 heterocycles. The summed E-state index contributed by atoms with van der Waals surface area (Å²) in [4.78, 5) is 68.1. The zero-order valence-electron chi connectivity index (χ0n) is 36.5. The maximum absolute atomic E-state index is 14.8. The Kier molecular flexibility index (Phi) is 11.8. The maximum atomic E-state index is 14.8. The van der Waals surface area contributed by atoms with E-state index in [1.54, 1.807) is 6.92 Å². The number of allylic oxidation sites excluding steroid dienone is 1. The smallest absolute Gasteiger partial charge is 0.408 e. The lowest BCUT2D eigenvalue weighted by Crippen LogP contribution is -2.58. The minimum atomic E-state index is -4.02. The number of alkyl carbamates (subject to hydrolysis) is 1. The van der Waals surface area contributed by atoms with E-state index in [2.05, 4.69) is 15.4 Å². The Bertz CT molecular complexity index is 2580. The number of hydrogen-bond acceptors (Lipinski definition) is 12. The Morgan fingerprint density at radius 3 is 2.45 bits per heavy atom. The third-order valence-electron chi connectivity index (χ3n) is 13.3. The van der Waals surface area contributed by atoms with Gasteiger partial charge in [-0.2, -0.15) is 4.98 Å². The van der Waals surface area contributed by atoms with E-state index in [1.807, 2.05) is 74.5 Å². The van der Waals surface area contributed by atoms with Crippen molar-refractivity contribution in [3.05, 3.63) is 60.7 Å². The molecule has 2 aromatic carbocycles. The molecule has 3 aliphatic carbocycles.